The van der Waals surface area contributed by atoms with Crippen molar-refractivity contribution >= 4 is 35.0 Å². The number of nitrogens with zero attached hydrogens (tertiary/aromatic N) is 6. The maximum atomic E-state index is 13.9. The van der Waals surface area contributed by atoms with Crippen LogP contribution < -0.4 is 0 Å². The average molecular weight is 737 g/mol. The van der Waals surface area contributed by atoms with E-state index in [0.717, 1.165) is 70.7 Å². The Labute approximate surface area is 314 Å². The number of ether oxygens (including phenoxy) is 2. The Kier molecular flexibility index (Phi) is 9.53. The number of amides is 4. The van der Waals surface area contributed by atoms with Gasteiger partial charge in [0.15, 0.2) is 0 Å². The van der Waals surface area contributed by atoms with Crippen LogP contribution in [0, 0.1) is 11.8 Å². The number of hydrogen-bond donors (Lipinski definition) is 2. The van der Waals surface area contributed by atoms with E-state index in [4.69, 9.17) is 19.4 Å². The molecule has 0 aliphatic carbocycles. The van der Waals surface area contributed by atoms with Crippen LogP contribution in [0.1, 0.15) is 77.1 Å². The Morgan fingerprint density at radius 3 is 1.78 bits per heavy atom. The summed E-state index contributed by atoms with van der Waals surface area (Å²) in [5.74, 6) is 1.28. The van der Waals surface area contributed by atoms with Gasteiger partial charge in [-0.05, 0) is 66.3 Å². The third-order valence-corrected chi connectivity index (χ3v) is 11.4. The van der Waals surface area contributed by atoms with Crippen LogP contribution in [0.15, 0.2) is 48.7 Å². The summed E-state index contributed by atoms with van der Waals surface area (Å²) < 4.78 is 10.3. The number of nitrogens with one attached hydrogen (secondary N) is 2. The topological polar surface area (TPSA) is 157 Å². The van der Waals surface area contributed by atoms with E-state index in [-0.39, 0.29) is 35.7 Å². The highest BCUT2D eigenvalue weighted by Crippen LogP contribution is 2.36. The number of carbonyl (C=O) groups is 4. The van der Waals surface area contributed by atoms with Crippen molar-refractivity contribution in [3.05, 3.63) is 60.3 Å². The predicted molar refractivity (Wildman–Crippen MR) is 200 cm³/mol. The van der Waals surface area contributed by atoms with E-state index in [1.54, 1.807) is 9.80 Å². The Balaban J connectivity index is 0.967. The maximum Gasteiger partial charge on any atom is 0.410 e. The molecule has 4 saturated heterocycles. The molecule has 2 aromatic heterocycles. The van der Waals surface area contributed by atoms with Gasteiger partial charge in [0.1, 0.15) is 36.9 Å². The molecule has 4 aromatic rings. The number of hydrogen-bond acceptors (Lipinski definition) is 8. The first-order valence-corrected chi connectivity index (χ1v) is 19.2. The first-order valence-electron chi connectivity index (χ1n) is 19.2. The number of fused-ring (bicyclic) bond motifs is 1. The monoisotopic (exact) mass is 736 g/mol. The molecule has 8 rings (SSSR count). The molecule has 284 valence electrons. The maximum absolute atomic E-state index is 13.9. The molecule has 54 heavy (non-hydrogen) atoms. The number of carbonyl (C=O) groups excluding carboxylic acids is 4. The van der Waals surface area contributed by atoms with Crippen LogP contribution in [0.2, 0.25) is 0 Å². The number of H-pyrrole nitrogens is 2. The lowest BCUT2D eigenvalue weighted by molar-refractivity contribution is -0.139. The van der Waals surface area contributed by atoms with Crippen LogP contribution in [-0.4, -0.2) is 115 Å². The number of benzene rings is 2. The van der Waals surface area contributed by atoms with E-state index < -0.39 is 24.3 Å². The standard InChI is InChI=1S/C40H48N8O6/c1-23(2)33(47-17-19-53-39(47)51)37(49)45-15-5-7-31(45)35-41-22-30(44-35)26-11-9-25(10-12-26)27-13-14-28-29(21-27)43-36(42-28)32-8-6-16-46(32)38(50)34(24(3)4)48-18-20-54-40(48)52/h9-14,21-24,31-34H,5-8,15-20H2,1-4H3,(H,41,44)(H,42,43)/t31-,32-,33-,34-/m0/s1. The van der Waals surface area contributed by atoms with Crippen LogP contribution in [0.5, 0.6) is 0 Å². The molecular formula is C40H48N8O6. The summed E-state index contributed by atoms with van der Waals surface area (Å²) in [4.78, 5) is 76.0. The molecule has 0 unspecified atom stereocenters. The lowest BCUT2D eigenvalue weighted by atomic mass is 10.0. The predicted octanol–water partition coefficient (Wildman–Crippen LogP) is 5.90. The van der Waals surface area contributed by atoms with Crippen molar-refractivity contribution in [2.24, 2.45) is 11.8 Å². The summed E-state index contributed by atoms with van der Waals surface area (Å²) >= 11 is 0. The van der Waals surface area contributed by atoms with Crippen molar-refractivity contribution in [2.75, 3.05) is 39.4 Å². The van der Waals surface area contributed by atoms with Crippen LogP contribution in [-0.2, 0) is 19.1 Å². The van der Waals surface area contributed by atoms with E-state index in [1.165, 1.54) is 0 Å². The van der Waals surface area contributed by atoms with Gasteiger partial charge < -0.3 is 29.2 Å². The molecule has 4 aliphatic rings. The van der Waals surface area contributed by atoms with E-state index in [2.05, 4.69) is 46.4 Å². The number of likely N-dealkylation sites (tertiary alicyclic amines) is 2. The first-order chi connectivity index (χ1) is 26.1. The molecule has 4 aliphatic heterocycles. The van der Waals surface area contributed by atoms with E-state index in [0.29, 0.717) is 39.4 Å². The van der Waals surface area contributed by atoms with Gasteiger partial charge in [0, 0.05) is 13.1 Å². The summed E-state index contributed by atoms with van der Waals surface area (Å²) in [6.45, 7) is 10.6. The number of rotatable bonds is 10. The minimum absolute atomic E-state index is 0.0492. The molecule has 4 amide bonds. The summed E-state index contributed by atoms with van der Waals surface area (Å²) in [5.41, 5.74) is 5.64. The lowest BCUT2D eigenvalue weighted by Crippen LogP contribution is -2.51. The van der Waals surface area contributed by atoms with E-state index in [1.807, 2.05) is 49.8 Å². The fraction of sp³-hybridized carbons (Fsp3) is 0.500. The van der Waals surface area contributed by atoms with Crippen molar-refractivity contribution in [1.29, 1.82) is 0 Å². The molecule has 0 spiro atoms. The molecule has 0 bridgehead atoms. The zero-order valence-corrected chi connectivity index (χ0v) is 31.3. The molecule has 6 heterocycles. The molecule has 2 N–H and O–H groups in total. The largest absolute Gasteiger partial charge is 0.448 e. The molecule has 14 heteroatoms. The quantitative estimate of drug-likeness (QED) is 0.204. The second-order valence-corrected chi connectivity index (χ2v) is 15.5. The second kappa shape index (κ2) is 14.4. The number of aromatic nitrogens is 4. The minimum atomic E-state index is -0.569. The lowest BCUT2D eigenvalue weighted by Gasteiger charge is -2.33. The van der Waals surface area contributed by atoms with Crippen LogP contribution >= 0.6 is 0 Å². The zero-order chi connectivity index (χ0) is 37.7. The molecule has 4 atom stereocenters. The zero-order valence-electron chi connectivity index (χ0n) is 31.3. The van der Waals surface area contributed by atoms with Crippen LogP contribution in [0.3, 0.4) is 0 Å². The summed E-state index contributed by atoms with van der Waals surface area (Å²) in [5, 5.41) is 0. The van der Waals surface area contributed by atoms with Gasteiger partial charge in [-0.25, -0.2) is 19.6 Å². The van der Waals surface area contributed by atoms with E-state index in [9.17, 15) is 19.2 Å². The average Bonchev–Trinajstić information content (AvgIpc) is 4.01. The minimum Gasteiger partial charge on any atom is -0.448 e. The molecule has 0 radical (unpaired) electrons. The van der Waals surface area contributed by atoms with Crippen molar-refractivity contribution in [1.82, 2.24) is 39.5 Å². The molecule has 0 saturated carbocycles. The third-order valence-electron chi connectivity index (χ3n) is 11.4. The highest BCUT2D eigenvalue weighted by Gasteiger charge is 2.44. The van der Waals surface area contributed by atoms with Gasteiger partial charge in [-0.1, -0.05) is 58.0 Å². The van der Waals surface area contributed by atoms with Gasteiger partial charge in [-0.3, -0.25) is 19.4 Å². The van der Waals surface area contributed by atoms with Gasteiger partial charge in [-0.15, -0.1) is 0 Å². The second-order valence-electron chi connectivity index (χ2n) is 15.5. The fourth-order valence-corrected chi connectivity index (χ4v) is 8.70. The Morgan fingerprint density at radius 2 is 1.24 bits per heavy atom. The van der Waals surface area contributed by atoms with Gasteiger partial charge in [0.2, 0.25) is 11.8 Å². The van der Waals surface area contributed by atoms with Crippen LogP contribution in [0.4, 0.5) is 9.59 Å². The van der Waals surface area contributed by atoms with E-state index >= 15 is 0 Å². The number of imidazole rings is 2. The van der Waals surface area contributed by atoms with Crippen molar-refractivity contribution in [2.45, 2.75) is 77.5 Å². The smallest absolute Gasteiger partial charge is 0.410 e. The fourth-order valence-electron chi connectivity index (χ4n) is 8.70. The first kappa shape index (κ1) is 35.6. The summed E-state index contributed by atoms with van der Waals surface area (Å²) in [7, 11) is 0. The highest BCUT2D eigenvalue weighted by atomic mass is 16.6. The molecule has 14 nitrogen and oxygen atoms in total. The van der Waals surface area contributed by atoms with Gasteiger partial charge in [0.25, 0.3) is 0 Å². The summed E-state index contributed by atoms with van der Waals surface area (Å²) in [6, 6.07) is 12.9. The van der Waals surface area contributed by atoms with Gasteiger partial charge >= 0.3 is 12.2 Å². The summed E-state index contributed by atoms with van der Waals surface area (Å²) in [6.07, 6.45) is 4.29. The highest BCUT2D eigenvalue weighted by molar-refractivity contribution is 5.88. The Bertz CT molecular complexity index is 2060. The van der Waals surface area contributed by atoms with Crippen molar-refractivity contribution < 1.29 is 28.7 Å². The SMILES string of the molecule is CC(C)[C@@H](C(=O)N1CCC[C@H]1c1ncc(-c2ccc(-c3ccc4nc([C@@H]5CCCN5C(=O)[C@H](C(C)C)N5CCOC5=O)[nH]c4c3)cc2)[nH]1)N1CCOC1=O. The molecular weight excluding hydrogens is 688 g/mol. The van der Waals surface area contributed by atoms with Crippen LogP contribution in [0.25, 0.3) is 33.4 Å². The normalized spacial score (nSPS) is 21.5. The molecule has 4 fully saturated rings. The van der Waals surface area contributed by atoms with Crippen molar-refractivity contribution in [3.8, 4) is 22.4 Å². The van der Waals surface area contributed by atoms with Crippen molar-refractivity contribution in [3.63, 3.8) is 0 Å². The third kappa shape index (κ3) is 6.45. The van der Waals surface area contributed by atoms with Gasteiger partial charge in [0.05, 0.1) is 48.1 Å². The Morgan fingerprint density at radius 1 is 0.704 bits per heavy atom. The van der Waals surface area contributed by atoms with Gasteiger partial charge in [-0.2, -0.15) is 0 Å². The molecule has 2 aromatic carbocycles. The number of cyclic esters (lactones) is 2. The number of aromatic amines is 2. The Hall–Kier alpha value is -5.40.